The molecular formula is C34H40N8O6S. The number of benzene rings is 1. The van der Waals surface area contributed by atoms with E-state index in [1.54, 1.807) is 17.2 Å². The maximum absolute atomic E-state index is 13.1. The number of primary amides is 1. The topological polar surface area (TPSA) is 190 Å². The molecule has 2 unspecified atom stereocenters. The Morgan fingerprint density at radius 2 is 2.04 bits per heavy atom. The highest BCUT2D eigenvalue weighted by Crippen LogP contribution is 2.30. The number of hydrogen-bond acceptors (Lipinski definition) is 11. The van der Waals surface area contributed by atoms with E-state index in [0.29, 0.717) is 62.5 Å². The second-order valence-corrected chi connectivity index (χ2v) is 13.6. The molecule has 2 saturated heterocycles. The zero-order chi connectivity index (χ0) is 34.5. The summed E-state index contributed by atoms with van der Waals surface area (Å²) in [4.78, 5) is 75.5. The zero-order valence-electron chi connectivity index (χ0n) is 27.4. The van der Waals surface area contributed by atoms with E-state index >= 15 is 0 Å². The van der Waals surface area contributed by atoms with E-state index in [9.17, 15) is 24.0 Å². The van der Waals surface area contributed by atoms with Crippen molar-refractivity contribution in [1.82, 2.24) is 29.9 Å². The minimum absolute atomic E-state index is 0.0610. The molecule has 15 heteroatoms. The summed E-state index contributed by atoms with van der Waals surface area (Å²) in [5.74, 6) is -0.986. The highest BCUT2D eigenvalue weighted by atomic mass is 32.1. The number of aromatic nitrogens is 3. The molecule has 14 nitrogen and oxygen atoms in total. The van der Waals surface area contributed by atoms with Crippen molar-refractivity contribution in [3.63, 3.8) is 0 Å². The molecule has 2 atom stereocenters. The van der Waals surface area contributed by atoms with Gasteiger partial charge >= 0.3 is 0 Å². The molecule has 0 spiro atoms. The van der Waals surface area contributed by atoms with Gasteiger partial charge in [-0.2, -0.15) is 4.37 Å². The predicted molar refractivity (Wildman–Crippen MR) is 180 cm³/mol. The molecule has 6 rings (SSSR count). The number of imide groups is 1. The number of amides is 5. The monoisotopic (exact) mass is 688 g/mol. The molecule has 1 aromatic carbocycles. The number of hydrogen-bond donors (Lipinski definition) is 3. The lowest BCUT2D eigenvalue weighted by atomic mass is 10.00. The van der Waals surface area contributed by atoms with Crippen LogP contribution in [0.25, 0.3) is 0 Å². The van der Waals surface area contributed by atoms with Gasteiger partial charge in [0.15, 0.2) is 0 Å². The molecule has 2 fully saturated rings. The largest absolute Gasteiger partial charge is 0.381 e. The van der Waals surface area contributed by atoms with Gasteiger partial charge in [-0.05, 0) is 73.8 Å². The van der Waals surface area contributed by atoms with Crippen LogP contribution in [-0.4, -0.2) is 87.2 Å². The van der Waals surface area contributed by atoms with E-state index in [2.05, 4.69) is 24.9 Å². The molecule has 0 aliphatic carbocycles. The van der Waals surface area contributed by atoms with Gasteiger partial charge in [0.1, 0.15) is 17.6 Å². The third-order valence-corrected chi connectivity index (χ3v) is 9.96. The standard InChI is InChI=1S/C34H40N8O6S/c1-20-15-23(49-40-20)16-26-31(32(35)45)36-17-28(38-26)41-12-3-7-22(18-41)37-30(44)11-14-48-13-4-6-21-5-2-8-24-25(21)19-42(34(24)47)27-9-10-29(43)39-33(27)46/h2,5,8,15,17,22,27H,3-4,6-7,9-14,16,18-19H2,1H3,(H2,35,45)(H,37,44)(H,39,43,46). The van der Waals surface area contributed by atoms with Crippen LogP contribution in [-0.2, 0) is 38.5 Å². The van der Waals surface area contributed by atoms with Crippen molar-refractivity contribution in [3.8, 4) is 0 Å². The molecule has 0 radical (unpaired) electrons. The number of ether oxygens (including phenoxy) is 1. The first-order valence-corrected chi connectivity index (χ1v) is 17.4. The number of carbonyl (C=O) groups is 5. The third-order valence-electron chi connectivity index (χ3n) is 9.08. The molecule has 0 bridgehead atoms. The lowest BCUT2D eigenvalue weighted by Crippen LogP contribution is -2.52. The molecule has 3 aromatic rings. The molecule has 3 aliphatic heterocycles. The molecular weight excluding hydrogens is 648 g/mol. The summed E-state index contributed by atoms with van der Waals surface area (Å²) in [5, 5.41) is 5.46. The van der Waals surface area contributed by atoms with Crippen molar-refractivity contribution in [2.24, 2.45) is 5.73 Å². The Hall–Kier alpha value is -4.76. The van der Waals surface area contributed by atoms with Crippen LogP contribution in [0, 0.1) is 6.92 Å². The maximum atomic E-state index is 13.1. The fourth-order valence-corrected chi connectivity index (χ4v) is 7.42. The van der Waals surface area contributed by atoms with Crippen LogP contribution in [0.4, 0.5) is 5.82 Å². The minimum atomic E-state index is -0.642. The van der Waals surface area contributed by atoms with Gasteiger partial charge < -0.3 is 25.6 Å². The molecule has 3 aliphatic rings. The molecule has 2 aromatic heterocycles. The van der Waals surface area contributed by atoms with Gasteiger partial charge in [-0.3, -0.25) is 29.3 Å². The van der Waals surface area contributed by atoms with Gasteiger partial charge in [-0.25, -0.2) is 9.97 Å². The van der Waals surface area contributed by atoms with Crippen LogP contribution in [0.15, 0.2) is 30.5 Å². The number of fused-ring (bicyclic) bond motifs is 1. The van der Waals surface area contributed by atoms with Crippen LogP contribution < -0.4 is 21.3 Å². The molecule has 5 heterocycles. The van der Waals surface area contributed by atoms with E-state index in [1.807, 2.05) is 25.1 Å². The Morgan fingerprint density at radius 3 is 2.82 bits per heavy atom. The van der Waals surface area contributed by atoms with Gasteiger partial charge in [-0.1, -0.05) is 12.1 Å². The Kier molecular flexibility index (Phi) is 10.6. The van der Waals surface area contributed by atoms with E-state index in [4.69, 9.17) is 15.5 Å². The normalized spacial score (nSPS) is 19.2. The number of nitrogens with zero attached hydrogens (tertiary/aromatic N) is 5. The molecule has 49 heavy (non-hydrogen) atoms. The van der Waals surface area contributed by atoms with Crippen LogP contribution >= 0.6 is 11.5 Å². The van der Waals surface area contributed by atoms with Gasteiger partial charge in [-0.15, -0.1) is 0 Å². The van der Waals surface area contributed by atoms with E-state index in [1.165, 1.54) is 11.5 Å². The Bertz CT molecular complexity index is 1760. The first kappa shape index (κ1) is 34.1. The second-order valence-electron chi connectivity index (χ2n) is 12.7. The first-order chi connectivity index (χ1) is 23.7. The lowest BCUT2D eigenvalue weighted by molar-refractivity contribution is -0.137. The maximum Gasteiger partial charge on any atom is 0.269 e. The summed E-state index contributed by atoms with van der Waals surface area (Å²) in [6.07, 6.45) is 5.87. The van der Waals surface area contributed by atoms with Gasteiger partial charge in [0.05, 0.1) is 24.2 Å². The SMILES string of the molecule is Cc1cc(Cc2nc(N3CCCC(NC(=O)CCOCCCc4cccc5c4CN(C4CCC(=O)NC4=O)C5=O)C3)cnc2C(N)=O)sn1. The fourth-order valence-electron chi connectivity index (χ4n) is 6.68. The number of piperidine rings is 2. The summed E-state index contributed by atoms with van der Waals surface area (Å²) in [6.45, 7) is 4.33. The van der Waals surface area contributed by atoms with Crippen molar-refractivity contribution in [1.29, 1.82) is 0 Å². The Labute approximate surface area is 288 Å². The van der Waals surface area contributed by atoms with Crippen LogP contribution in [0.5, 0.6) is 0 Å². The average molecular weight is 689 g/mol. The molecule has 5 amide bonds. The average Bonchev–Trinajstić information content (AvgIpc) is 3.64. The van der Waals surface area contributed by atoms with E-state index < -0.39 is 17.9 Å². The van der Waals surface area contributed by atoms with Crippen molar-refractivity contribution in [2.75, 3.05) is 31.2 Å². The fraction of sp³-hybridized carbons (Fsp3) is 0.471. The lowest BCUT2D eigenvalue weighted by Gasteiger charge is -2.34. The zero-order valence-corrected chi connectivity index (χ0v) is 28.2. The van der Waals surface area contributed by atoms with Gasteiger partial charge in [0.25, 0.3) is 11.8 Å². The highest BCUT2D eigenvalue weighted by Gasteiger charge is 2.39. The van der Waals surface area contributed by atoms with Crippen LogP contribution in [0.3, 0.4) is 0 Å². The number of carbonyl (C=O) groups excluding carboxylic acids is 5. The Morgan fingerprint density at radius 1 is 1.18 bits per heavy atom. The summed E-state index contributed by atoms with van der Waals surface area (Å²) in [7, 11) is 0. The highest BCUT2D eigenvalue weighted by molar-refractivity contribution is 7.05. The third kappa shape index (κ3) is 8.11. The van der Waals surface area contributed by atoms with E-state index in [-0.39, 0.29) is 48.9 Å². The summed E-state index contributed by atoms with van der Waals surface area (Å²) < 4.78 is 10.1. The molecule has 258 valence electrons. The van der Waals surface area contributed by atoms with Crippen LogP contribution in [0.2, 0.25) is 0 Å². The molecule has 4 N–H and O–H groups in total. The quantitative estimate of drug-likeness (QED) is 0.176. The second kappa shape index (κ2) is 15.2. The van der Waals surface area contributed by atoms with Gasteiger partial charge in [0.2, 0.25) is 17.7 Å². The number of rotatable bonds is 13. The predicted octanol–water partition coefficient (Wildman–Crippen LogP) is 1.82. The first-order valence-electron chi connectivity index (χ1n) is 16.6. The number of nitrogens with two attached hydrogens (primary N) is 1. The van der Waals surface area contributed by atoms with Crippen molar-refractivity contribution >= 4 is 46.9 Å². The molecule has 0 saturated carbocycles. The summed E-state index contributed by atoms with van der Waals surface area (Å²) >= 11 is 1.36. The van der Waals surface area contributed by atoms with Gasteiger partial charge in [0, 0.05) is 62.0 Å². The summed E-state index contributed by atoms with van der Waals surface area (Å²) in [5.41, 5.74) is 9.68. The number of anilines is 1. The van der Waals surface area contributed by atoms with Crippen LogP contribution in [0.1, 0.15) is 86.8 Å². The van der Waals surface area contributed by atoms with Crippen molar-refractivity contribution in [2.45, 2.75) is 76.9 Å². The smallest absolute Gasteiger partial charge is 0.269 e. The van der Waals surface area contributed by atoms with E-state index in [0.717, 1.165) is 41.1 Å². The number of aryl methyl sites for hydroxylation is 2. The Balaban J connectivity index is 0.938. The number of nitrogens with one attached hydrogen (secondary N) is 2. The minimum Gasteiger partial charge on any atom is -0.381 e. The summed E-state index contributed by atoms with van der Waals surface area (Å²) in [6, 6.07) is 6.87. The van der Waals surface area contributed by atoms with Crippen molar-refractivity contribution in [3.05, 3.63) is 69.1 Å². The van der Waals surface area contributed by atoms with Crippen molar-refractivity contribution < 1.29 is 28.7 Å².